The summed E-state index contributed by atoms with van der Waals surface area (Å²) in [5.41, 5.74) is 2.72. The SMILES string of the molecule is CCN[C@@H](Cc1ccc(C)cc1)c1cccs1. The topological polar surface area (TPSA) is 12.0 Å². The fourth-order valence-corrected chi connectivity index (χ4v) is 2.77. The van der Waals surface area contributed by atoms with Gasteiger partial charge in [-0.1, -0.05) is 42.8 Å². The Morgan fingerprint density at radius 3 is 2.53 bits per heavy atom. The summed E-state index contributed by atoms with van der Waals surface area (Å²) in [4.78, 5) is 1.42. The van der Waals surface area contributed by atoms with Crippen molar-refractivity contribution in [1.29, 1.82) is 0 Å². The fourth-order valence-electron chi connectivity index (χ4n) is 1.97. The number of hydrogen-bond acceptors (Lipinski definition) is 2. The van der Waals surface area contributed by atoms with E-state index in [1.807, 2.05) is 11.3 Å². The molecule has 90 valence electrons. The number of aryl methyl sites for hydroxylation is 1. The van der Waals surface area contributed by atoms with Gasteiger partial charge in [0.15, 0.2) is 0 Å². The molecular weight excluding hydrogens is 226 g/mol. The van der Waals surface area contributed by atoms with Crippen LogP contribution in [0.25, 0.3) is 0 Å². The van der Waals surface area contributed by atoms with E-state index in [0.717, 1.165) is 13.0 Å². The molecule has 1 atom stereocenters. The highest BCUT2D eigenvalue weighted by atomic mass is 32.1. The van der Waals surface area contributed by atoms with Crippen molar-refractivity contribution in [2.24, 2.45) is 0 Å². The summed E-state index contributed by atoms with van der Waals surface area (Å²) in [5.74, 6) is 0. The molecule has 1 nitrogen and oxygen atoms in total. The molecule has 1 heterocycles. The second-order valence-electron chi connectivity index (χ2n) is 4.32. The lowest BCUT2D eigenvalue weighted by atomic mass is 10.0. The first-order valence-corrected chi connectivity index (χ1v) is 7.00. The minimum atomic E-state index is 0.447. The minimum absolute atomic E-state index is 0.447. The number of nitrogens with one attached hydrogen (secondary N) is 1. The van der Waals surface area contributed by atoms with Crippen LogP contribution in [0.5, 0.6) is 0 Å². The smallest absolute Gasteiger partial charge is 0.0455 e. The first kappa shape index (κ1) is 12.3. The maximum absolute atomic E-state index is 3.56. The van der Waals surface area contributed by atoms with Crippen molar-refractivity contribution in [2.75, 3.05) is 6.54 Å². The van der Waals surface area contributed by atoms with Crippen LogP contribution in [0.1, 0.15) is 29.0 Å². The monoisotopic (exact) mass is 245 g/mol. The van der Waals surface area contributed by atoms with Gasteiger partial charge < -0.3 is 5.32 Å². The number of benzene rings is 1. The molecule has 0 amide bonds. The average Bonchev–Trinajstić information content (AvgIpc) is 2.85. The van der Waals surface area contributed by atoms with Crippen molar-refractivity contribution in [1.82, 2.24) is 5.32 Å². The Kier molecular flexibility index (Phi) is 4.35. The van der Waals surface area contributed by atoms with Gasteiger partial charge in [0.1, 0.15) is 0 Å². The summed E-state index contributed by atoms with van der Waals surface area (Å²) < 4.78 is 0. The van der Waals surface area contributed by atoms with E-state index in [2.05, 4.69) is 60.9 Å². The second-order valence-corrected chi connectivity index (χ2v) is 5.29. The third-order valence-electron chi connectivity index (χ3n) is 2.90. The van der Waals surface area contributed by atoms with Crippen LogP contribution in [0.15, 0.2) is 41.8 Å². The number of hydrogen-bond donors (Lipinski definition) is 1. The standard InChI is InChI=1S/C15H19NS/c1-3-16-14(15-5-4-10-17-15)11-13-8-6-12(2)7-9-13/h4-10,14,16H,3,11H2,1-2H3/t14-/m0/s1. The van der Waals surface area contributed by atoms with E-state index in [-0.39, 0.29) is 0 Å². The van der Waals surface area contributed by atoms with Crippen LogP contribution in [0.4, 0.5) is 0 Å². The van der Waals surface area contributed by atoms with E-state index in [0.29, 0.717) is 6.04 Å². The first-order chi connectivity index (χ1) is 8.29. The summed E-state index contributed by atoms with van der Waals surface area (Å²) >= 11 is 1.83. The van der Waals surface area contributed by atoms with Crippen molar-refractivity contribution in [3.63, 3.8) is 0 Å². The quantitative estimate of drug-likeness (QED) is 0.841. The highest BCUT2D eigenvalue weighted by molar-refractivity contribution is 7.10. The van der Waals surface area contributed by atoms with Gasteiger partial charge in [0.25, 0.3) is 0 Å². The first-order valence-electron chi connectivity index (χ1n) is 6.12. The maximum atomic E-state index is 3.56. The van der Waals surface area contributed by atoms with Gasteiger partial charge >= 0.3 is 0 Å². The van der Waals surface area contributed by atoms with Gasteiger partial charge in [0.2, 0.25) is 0 Å². The van der Waals surface area contributed by atoms with Gasteiger partial charge in [-0.15, -0.1) is 11.3 Å². The molecule has 1 aromatic carbocycles. The normalized spacial score (nSPS) is 12.6. The van der Waals surface area contributed by atoms with Crippen molar-refractivity contribution in [2.45, 2.75) is 26.3 Å². The van der Waals surface area contributed by atoms with Gasteiger partial charge in [-0.3, -0.25) is 0 Å². The molecule has 0 radical (unpaired) electrons. The summed E-state index contributed by atoms with van der Waals surface area (Å²) in [6.07, 6.45) is 1.06. The van der Waals surface area contributed by atoms with E-state index in [1.165, 1.54) is 16.0 Å². The third kappa shape index (κ3) is 3.42. The molecule has 17 heavy (non-hydrogen) atoms. The predicted molar refractivity (Wildman–Crippen MR) is 75.6 cm³/mol. The fraction of sp³-hybridized carbons (Fsp3) is 0.333. The molecule has 0 unspecified atom stereocenters. The molecular formula is C15H19NS. The van der Waals surface area contributed by atoms with Crippen molar-refractivity contribution >= 4 is 11.3 Å². The van der Waals surface area contributed by atoms with Crippen LogP contribution >= 0.6 is 11.3 Å². The maximum Gasteiger partial charge on any atom is 0.0455 e. The minimum Gasteiger partial charge on any atom is -0.309 e. The summed E-state index contributed by atoms with van der Waals surface area (Å²) in [7, 11) is 0. The molecule has 0 aliphatic heterocycles. The number of thiophene rings is 1. The lowest BCUT2D eigenvalue weighted by Gasteiger charge is -2.16. The average molecular weight is 245 g/mol. The molecule has 1 aromatic heterocycles. The van der Waals surface area contributed by atoms with E-state index < -0.39 is 0 Å². The summed E-state index contributed by atoms with van der Waals surface area (Å²) in [6.45, 7) is 5.30. The highest BCUT2D eigenvalue weighted by Crippen LogP contribution is 2.22. The Bertz CT molecular complexity index is 430. The van der Waals surface area contributed by atoms with Crippen molar-refractivity contribution in [3.8, 4) is 0 Å². The van der Waals surface area contributed by atoms with Crippen molar-refractivity contribution in [3.05, 3.63) is 57.8 Å². The van der Waals surface area contributed by atoms with E-state index in [9.17, 15) is 0 Å². The van der Waals surface area contributed by atoms with Crippen LogP contribution in [0, 0.1) is 6.92 Å². The zero-order valence-electron chi connectivity index (χ0n) is 10.4. The third-order valence-corrected chi connectivity index (χ3v) is 3.88. The number of rotatable bonds is 5. The molecule has 2 rings (SSSR count). The Hall–Kier alpha value is -1.12. The predicted octanol–water partition coefficient (Wildman–Crippen LogP) is 3.95. The van der Waals surface area contributed by atoms with Gasteiger partial charge in [-0.05, 0) is 36.9 Å². The summed E-state index contributed by atoms with van der Waals surface area (Å²) in [6, 6.07) is 13.6. The Labute approximate surface area is 108 Å². The van der Waals surface area contributed by atoms with Gasteiger partial charge in [0.05, 0.1) is 0 Å². The van der Waals surface area contributed by atoms with Crippen LogP contribution in [0.3, 0.4) is 0 Å². The molecule has 0 saturated carbocycles. The second kappa shape index (κ2) is 5.99. The lowest BCUT2D eigenvalue weighted by molar-refractivity contribution is 0.558. The van der Waals surface area contributed by atoms with Crippen LogP contribution in [-0.2, 0) is 6.42 Å². The molecule has 1 N–H and O–H groups in total. The summed E-state index contributed by atoms with van der Waals surface area (Å²) in [5, 5.41) is 5.71. The molecule has 0 fully saturated rings. The van der Waals surface area contributed by atoms with Crippen LogP contribution < -0.4 is 5.32 Å². The zero-order chi connectivity index (χ0) is 12.1. The molecule has 0 saturated heterocycles. The Morgan fingerprint density at radius 1 is 1.18 bits per heavy atom. The van der Waals surface area contributed by atoms with Crippen molar-refractivity contribution < 1.29 is 0 Å². The Morgan fingerprint density at radius 2 is 1.94 bits per heavy atom. The molecule has 0 spiro atoms. The largest absolute Gasteiger partial charge is 0.309 e. The zero-order valence-corrected chi connectivity index (χ0v) is 11.3. The van der Waals surface area contributed by atoms with Crippen LogP contribution in [-0.4, -0.2) is 6.54 Å². The molecule has 0 bridgehead atoms. The lowest BCUT2D eigenvalue weighted by Crippen LogP contribution is -2.22. The van der Waals surface area contributed by atoms with Gasteiger partial charge in [-0.25, -0.2) is 0 Å². The van der Waals surface area contributed by atoms with Gasteiger partial charge in [-0.2, -0.15) is 0 Å². The van der Waals surface area contributed by atoms with E-state index in [1.54, 1.807) is 0 Å². The number of likely N-dealkylation sites (N-methyl/N-ethyl adjacent to an activating group) is 1. The molecule has 0 aliphatic carbocycles. The Balaban J connectivity index is 2.10. The molecule has 2 heteroatoms. The molecule has 2 aromatic rings. The van der Waals surface area contributed by atoms with E-state index >= 15 is 0 Å². The highest BCUT2D eigenvalue weighted by Gasteiger charge is 2.11. The van der Waals surface area contributed by atoms with Gasteiger partial charge in [0, 0.05) is 10.9 Å². The van der Waals surface area contributed by atoms with Crippen LogP contribution in [0.2, 0.25) is 0 Å². The molecule has 0 aliphatic rings. The van der Waals surface area contributed by atoms with E-state index in [4.69, 9.17) is 0 Å².